The van der Waals surface area contributed by atoms with Crippen LogP contribution in [0, 0.1) is 0 Å². The topological polar surface area (TPSA) is 12.5 Å². The number of benzene rings is 2. The van der Waals surface area contributed by atoms with Gasteiger partial charge in [0.25, 0.3) is 0 Å². The smallest absolute Gasteiger partial charge is 0.119 e. The second-order valence-corrected chi connectivity index (χ2v) is 5.80. The third-order valence-corrected chi connectivity index (χ3v) is 4.25. The van der Waals surface area contributed by atoms with Crippen molar-refractivity contribution in [1.29, 1.82) is 0 Å². The summed E-state index contributed by atoms with van der Waals surface area (Å²) in [5.41, 5.74) is 0. The minimum absolute atomic E-state index is 0.823. The van der Waals surface area contributed by atoms with Gasteiger partial charge < -0.3 is 9.64 Å². The lowest BCUT2D eigenvalue weighted by Crippen LogP contribution is -2.23. The van der Waals surface area contributed by atoms with E-state index in [0.717, 1.165) is 18.8 Å². The van der Waals surface area contributed by atoms with Crippen LogP contribution in [0.15, 0.2) is 42.5 Å². The zero-order valence-corrected chi connectivity index (χ0v) is 14.1. The summed E-state index contributed by atoms with van der Waals surface area (Å²) in [5, 5.41) is 2.52. The summed E-state index contributed by atoms with van der Waals surface area (Å²) in [6.07, 6.45) is 5.01. The first-order valence-corrected chi connectivity index (χ1v) is 8.67. The van der Waals surface area contributed by atoms with Crippen LogP contribution in [0.25, 0.3) is 10.8 Å². The molecule has 0 atom stereocenters. The van der Waals surface area contributed by atoms with E-state index in [1.807, 2.05) is 0 Å². The molecule has 0 saturated heterocycles. The average Bonchev–Trinajstić information content (AvgIpc) is 2.57. The highest BCUT2D eigenvalue weighted by atomic mass is 16.5. The Balaban J connectivity index is 1.62. The predicted octanol–water partition coefficient (Wildman–Crippen LogP) is 5.12. The molecule has 2 nitrogen and oxygen atoms in total. The SMILES string of the molecule is CCN(CC)CCCCCCOc1ccc2ccccc2c1. The van der Waals surface area contributed by atoms with E-state index in [-0.39, 0.29) is 0 Å². The van der Waals surface area contributed by atoms with Crippen LogP contribution in [0.3, 0.4) is 0 Å². The first-order chi connectivity index (χ1) is 10.8. The zero-order valence-electron chi connectivity index (χ0n) is 14.1. The second-order valence-electron chi connectivity index (χ2n) is 5.80. The van der Waals surface area contributed by atoms with Gasteiger partial charge in [0.15, 0.2) is 0 Å². The molecule has 0 N–H and O–H groups in total. The highest BCUT2D eigenvalue weighted by Gasteiger charge is 1.99. The molecule has 22 heavy (non-hydrogen) atoms. The van der Waals surface area contributed by atoms with E-state index in [1.54, 1.807) is 0 Å². The predicted molar refractivity (Wildman–Crippen MR) is 95.7 cm³/mol. The summed E-state index contributed by atoms with van der Waals surface area (Å²) in [4.78, 5) is 2.49. The van der Waals surface area contributed by atoms with Crippen molar-refractivity contribution >= 4 is 10.8 Å². The molecule has 0 unspecified atom stereocenters. The highest BCUT2D eigenvalue weighted by Crippen LogP contribution is 2.20. The van der Waals surface area contributed by atoms with E-state index in [1.165, 1.54) is 49.7 Å². The van der Waals surface area contributed by atoms with Gasteiger partial charge >= 0.3 is 0 Å². The van der Waals surface area contributed by atoms with Gasteiger partial charge in [0.1, 0.15) is 5.75 Å². The van der Waals surface area contributed by atoms with Crippen LogP contribution in [0.1, 0.15) is 39.5 Å². The zero-order chi connectivity index (χ0) is 15.6. The fourth-order valence-electron chi connectivity index (χ4n) is 2.78. The molecule has 0 aromatic heterocycles. The Kier molecular flexibility index (Phi) is 7.24. The first-order valence-electron chi connectivity index (χ1n) is 8.67. The molecule has 0 spiro atoms. The number of nitrogens with zero attached hydrogens (tertiary/aromatic N) is 1. The molecule has 0 aliphatic heterocycles. The maximum atomic E-state index is 5.87. The van der Waals surface area contributed by atoms with Crippen LogP contribution in [0.2, 0.25) is 0 Å². The van der Waals surface area contributed by atoms with Crippen molar-refractivity contribution in [2.24, 2.45) is 0 Å². The second kappa shape index (κ2) is 9.47. The monoisotopic (exact) mass is 299 g/mol. The van der Waals surface area contributed by atoms with Crippen molar-refractivity contribution in [3.05, 3.63) is 42.5 Å². The molecule has 0 saturated carbocycles. The third kappa shape index (κ3) is 5.34. The standard InChI is InChI=1S/C20H29NO/c1-3-21(4-2)15-9-5-6-10-16-22-20-14-13-18-11-7-8-12-19(18)17-20/h7-8,11-14,17H,3-6,9-10,15-16H2,1-2H3. The van der Waals surface area contributed by atoms with Crippen LogP contribution >= 0.6 is 0 Å². The molecule has 0 amide bonds. The quantitative estimate of drug-likeness (QED) is 0.564. The molecule has 0 aliphatic rings. The van der Waals surface area contributed by atoms with Gasteiger partial charge in [-0.3, -0.25) is 0 Å². The molecule has 2 aromatic carbocycles. The largest absolute Gasteiger partial charge is 0.494 e. The van der Waals surface area contributed by atoms with Gasteiger partial charge in [-0.25, -0.2) is 0 Å². The summed E-state index contributed by atoms with van der Waals surface area (Å²) < 4.78 is 5.87. The summed E-state index contributed by atoms with van der Waals surface area (Å²) in [7, 11) is 0. The Morgan fingerprint density at radius 3 is 2.32 bits per heavy atom. The molecular formula is C20H29NO. The summed E-state index contributed by atoms with van der Waals surface area (Å²) in [5.74, 6) is 0.988. The van der Waals surface area contributed by atoms with E-state index < -0.39 is 0 Å². The average molecular weight is 299 g/mol. The van der Waals surface area contributed by atoms with Gasteiger partial charge in [-0.2, -0.15) is 0 Å². The van der Waals surface area contributed by atoms with Gasteiger partial charge in [-0.05, 0) is 55.4 Å². The van der Waals surface area contributed by atoms with Gasteiger partial charge in [-0.15, -0.1) is 0 Å². The van der Waals surface area contributed by atoms with Crippen molar-refractivity contribution in [2.75, 3.05) is 26.2 Å². The van der Waals surface area contributed by atoms with Crippen molar-refractivity contribution in [3.63, 3.8) is 0 Å². The van der Waals surface area contributed by atoms with Crippen LogP contribution in [0.5, 0.6) is 5.75 Å². The molecular weight excluding hydrogens is 270 g/mol. The highest BCUT2D eigenvalue weighted by molar-refractivity contribution is 5.83. The van der Waals surface area contributed by atoms with E-state index in [0.29, 0.717) is 0 Å². The maximum absolute atomic E-state index is 5.87. The van der Waals surface area contributed by atoms with Gasteiger partial charge in [0.05, 0.1) is 6.61 Å². The Labute approximate surface area is 135 Å². The lowest BCUT2D eigenvalue weighted by atomic mass is 10.1. The summed E-state index contributed by atoms with van der Waals surface area (Å²) in [6, 6.07) is 14.8. The fourth-order valence-corrected chi connectivity index (χ4v) is 2.78. The summed E-state index contributed by atoms with van der Waals surface area (Å²) >= 11 is 0. The number of unbranched alkanes of at least 4 members (excludes halogenated alkanes) is 3. The molecule has 120 valence electrons. The third-order valence-electron chi connectivity index (χ3n) is 4.25. The molecule has 0 heterocycles. The number of hydrogen-bond donors (Lipinski definition) is 0. The van der Waals surface area contributed by atoms with Crippen LogP contribution in [-0.4, -0.2) is 31.1 Å². The van der Waals surface area contributed by atoms with Crippen molar-refractivity contribution in [2.45, 2.75) is 39.5 Å². The molecule has 0 aliphatic carbocycles. The van der Waals surface area contributed by atoms with E-state index in [9.17, 15) is 0 Å². The molecule has 2 heteroatoms. The van der Waals surface area contributed by atoms with Crippen LogP contribution in [-0.2, 0) is 0 Å². The number of rotatable bonds is 10. The van der Waals surface area contributed by atoms with E-state index >= 15 is 0 Å². The maximum Gasteiger partial charge on any atom is 0.119 e. The molecule has 2 aromatic rings. The minimum Gasteiger partial charge on any atom is -0.494 e. The first kappa shape index (κ1) is 16.8. The molecule has 0 fully saturated rings. The van der Waals surface area contributed by atoms with Crippen LogP contribution in [0.4, 0.5) is 0 Å². The van der Waals surface area contributed by atoms with E-state index in [4.69, 9.17) is 4.74 Å². The van der Waals surface area contributed by atoms with Gasteiger partial charge in [-0.1, -0.05) is 57.0 Å². The molecule has 0 bridgehead atoms. The Hall–Kier alpha value is -1.54. The number of fused-ring (bicyclic) bond motifs is 1. The Morgan fingerprint density at radius 1 is 0.818 bits per heavy atom. The number of ether oxygens (including phenoxy) is 1. The van der Waals surface area contributed by atoms with Crippen LogP contribution < -0.4 is 4.74 Å². The molecule has 2 rings (SSSR count). The van der Waals surface area contributed by atoms with Gasteiger partial charge in [0.2, 0.25) is 0 Å². The van der Waals surface area contributed by atoms with E-state index in [2.05, 4.69) is 61.2 Å². The summed E-state index contributed by atoms with van der Waals surface area (Å²) in [6.45, 7) is 8.87. The van der Waals surface area contributed by atoms with Crippen molar-refractivity contribution in [3.8, 4) is 5.75 Å². The normalized spacial score (nSPS) is 11.2. The van der Waals surface area contributed by atoms with Crippen molar-refractivity contribution < 1.29 is 4.74 Å². The lowest BCUT2D eigenvalue weighted by Gasteiger charge is -2.17. The molecule has 0 radical (unpaired) electrons. The Morgan fingerprint density at radius 2 is 1.55 bits per heavy atom. The fraction of sp³-hybridized carbons (Fsp3) is 0.500. The number of hydrogen-bond acceptors (Lipinski definition) is 2. The minimum atomic E-state index is 0.823. The Bertz CT molecular complexity index is 548. The van der Waals surface area contributed by atoms with Crippen molar-refractivity contribution in [1.82, 2.24) is 4.90 Å². The lowest BCUT2D eigenvalue weighted by molar-refractivity contribution is 0.284. The van der Waals surface area contributed by atoms with Gasteiger partial charge in [0, 0.05) is 0 Å².